The SMILES string of the molecule is C=NCc1ccccc1.Cn1c2ccccc2c2ccc3c4ccc5ccccc5c4ccc3c21.N=C(N)c1ccccc1. The fraction of sp³-hybridized carbons (Fsp3) is 0.0500. The summed E-state index contributed by atoms with van der Waals surface area (Å²) in [5, 5.41) is 17.6. The van der Waals surface area contributed by atoms with E-state index in [4.69, 9.17) is 11.1 Å². The van der Waals surface area contributed by atoms with Gasteiger partial charge in [0.05, 0.1) is 12.1 Å². The first-order valence-corrected chi connectivity index (χ1v) is 14.6. The van der Waals surface area contributed by atoms with Crippen LogP contribution in [0.15, 0.2) is 151 Å². The van der Waals surface area contributed by atoms with Gasteiger partial charge in [-0.2, -0.15) is 0 Å². The predicted octanol–water partition coefficient (Wildman–Crippen LogP) is 9.65. The monoisotopic (exact) mass is 570 g/mol. The standard InChI is InChI=1S/C25H17N.C8H9N.C7H8N2/c1-26-24-9-5-4-8-21(24)23-15-13-20-19-11-10-16-6-2-3-7-17(16)18(19)12-14-22(20)25(23)26;1-9-7-8-5-3-2-4-6-8;8-7(9)6-4-2-1-3-5-6/h2-15H,1H3;2-6H,1,7H2;1-5H,(H3,8,9). The normalized spacial score (nSPS) is 10.8. The number of hydrogen-bond acceptors (Lipinski definition) is 2. The highest BCUT2D eigenvalue weighted by Crippen LogP contribution is 2.37. The van der Waals surface area contributed by atoms with E-state index < -0.39 is 0 Å². The average molecular weight is 571 g/mol. The fourth-order valence-corrected chi connectivity index (χ4v) is 5.91. The van der Waals surface area contributed by atoms with Crippen molar-refractivity contribution in [2.45, 2.75) is 6.54 Å². The summed E-state index contributed by atoms with van der Waals surface area (Å²) in [6, 6.07) is 50.3. The lowest BCUT2D eigenvalue weighted by molar-refractivity contribution is 1.02. The molecule has 0 bridgehead atoms. The highest BCUT2D eigenvalue weighted by Gasteiger charge is 2.12. The molecule has 0 unspecified atom stereocenters. The first-order chi connectivity index (χ1) is 21.6. The fourth-order valence-electron chi connectivity index (χ4n) is 5.91. The van der Waals surface area contributed by atoms with Crippen LogP contribution < -0.4 is 5.73 Å². The van der Waals surface area contributed by atoms with E-state index in [1.807, 2.05) is 60.7 Å². The second kappa shape index (κ2) is 12.6. The molecule has 4 heteroatoms. The van der Waals surface area contributed by atoms with E-state index >= 15 is 0 Å². The molecule has 44 heavy (non-hydrogen) atoms. The molecule has 0 radical (unpaired) electrons. The molecule has 4 nitrogen and oxygen atoms in total. The number of hydrogen-bond donors (Lipinski definition) is 2. The summed E-state index contributed by atoms with van der Waals surface area (Å²) in [5.74, 6) is 0.121. The molecule has 0 aliphatic heterocycles. The molecule has 3 N–H and O–H groups in total. The molecule has 0 saturated heterocycles. The van der Waals surface area contributed by atoms with E-state index in [2.05, 4.69) is 108 Å². The lowest BCUT2D eigenvalue weighted by Gasteiger charge is -2.09. The number of nitrogen functional groups attached to an aromatic ring is 1. The van der Waals surface area contributed by atoms with Crippen LogP contribution in [0.1, 0.15) is 11.1 Å². The molecule has 0 spiro atoms. The molecule has 0 saturated carbocycles. The number of fused-ring (bicyclic) bond motifs is 9. The van der Waals surface area contributed by atoms with Gasteiger partial charge in [0.2, 0.25) is 0 Å². The highest BCUT2D eigenvalue weighted by atomic mass is 14.9. The van der Waals surface area contributed by atoms with Gasteiger partial charge >= 0.3 is 0 Å². The van der Waals surface area contributed by atoms with Gasteiger partial charge in [-0.05, 0) is 45.3 Å². The van der Waals surface area contributed by atoms with Crippen molar-refractivity contribution in [3.8, 4) is 0 Å². The van der Waals surface area contributed by atoms with Gasteiger partial charge in [0.25, 0.3) is 0 Å². The van der Waals surface area contributed by atoms with E-state index in [0.717, 1.165) is 12.1 Å². The van der Waals surface area contributed by atoms with Crippen molar-refractivity contribution in [3.63, 3.8) is 0 Å². The van der Waals surface area contributed by atoms with Gasteiger partial charge < -0.3 is 10.3 Å². The maximum atomic E-state index is 7.01. The minimum atomic E-state index is 0.121. The van der Waals surface area contributed by atoms with E-state index in [1.165, 1.54) is 59.7 Å². The van der Waals surface area contributed by atoms with Crippen LogP contribution in [-0.4, -0.2) is 17.1 Å². The van der Waals surface area contributed by atoms with Crippen LogP contribution in [0.5, 0.6) is 0 Å². The number of nitrogens with zero attached hydrogens (tertiary/aromatic N) is 2. The number of aromatic nitrogens is 1. The molecule has 7 aromatic carbocycles. The zero-order chi connectivity index (χ0) is 30.5. The third-order valence-electron chi connectivity index (χ3n) is 8.01. The Kier molecular flexibility index (Phi) is 8.15. The van der Waals surface area contributed by atoms with Crippen LogP contribution in [0.25, 0.3) is 54.1 Å². The largest absolute Gasteiger partial charge is 0.384 e. The van der Waals surface area contributed by atoms with Crippen LogP contribution in [0, 0.1) is 5.41 Å². The Balaban J connectivity index is 0.000000157. The van der Waals surface area contributed by atoms with E-state index in [-0.39, 0.29) is 5.84 Å². The lowest BCUT2D eigenvalue weighted by Crippen LogP contribution is -2.10. The Morgan fingerprint density at radius 2 is 1.09 bits per heavy atom. The third-order valence-corrected chi connectivity index (χ3v) is 8.01. The van der Waals surface area contributed by atoms with Gasteiger partial charge in [0, 0.05) is 34.3 Å². The van der Waals surface area contributed by atoms with E-state index in [0.29, 0.717) is 0 Å². The molecule has 0 aliphatic carbocycles. The zero-order valence-corrected chi connectivity index (χ0v) is 24.7. The number of rotatable bonds is 3. The van der Waals surface area contributed by atoms with Crippen LogP contribution in [0.3, 0.4) is 0 Å². The quantitative estimate of drug-likeness (QED) is 0.124. The minimum Gasteiger partial charge on any atom is -0.384 e. The van der Waals surface area contributed by atoms with Gasteiger partial charge in [0.15, 0.2) is 0 Å². The predicted molar refractivity (Wildman–Crippen MR) is 190 cm³/mol. The molecule has 214 valence electrons. The molecule has 1 heterocycles. The topological polar surface area (TPSA) is 67.2 Å². The molecule has 8 rings (SSSR count). The maximum Gasteiger partial charge on any atom is 0.122 e. The zero-order valence-electron chi connectivity index (χ0n) is 24.7. The summed E-state index contributed by atoms with van der Waals surface area (Å²) in [4.78, 5) is 3.76. The highest BCUT2D eigenvalue weighted by molar-refractivity contribution is 6.25. The number of aryl methyl sites for hydroxylation is 1. The summed E-state index contributed by atoms with van der Waals surface area (Å²) in [5.41, 5.74) is 9.79. The Bertz CT molecular complexity index is 2250. The number of nitrogens with one attached hydrogen (secondary N) is 1. The van der Waals surface area contributed by atoms with E-state index in [9.17, 15) is 0 Å². The molecule has 8 aromatic rings. The maximum absolute atomic E-state index is 7.01. The summed E-state index contributed by atoms with van der Waals surface area (Å²) in [6.07, 6.45) is 0. The van der Waals surface area contributed by atoms with E-state index in [1.54, 1.807) is 0 Å². The number of nitrogens with two attached hydrogens (primary N) is 1. The van der Waals surface area contributed by atoms with Gasteiger partial charge in [0.1, 0.15) is 5.84 Å². The van der Waals surface area contributed by atoms with Crippen molar-refractivity contribution in [1.82, 2.24) is 4.57 Å². The lowest BCUT2D eigenvalue weighted by atomic mass is 9.96. The first-order valence-electron chi connectivity index (χ1n) is 14.6. The Hall–Kier alpha value is -5.74. The smallest absolute Gasteiger partial charge is 0.122 e. The van der Waals surface area contributed by atoms with Gasteiger partial charge in [-0.25, -0.2) is 0 Å². The molecule has 1 aromatic heterocycles. The van der Waals surface area contributed by atoms with Gasteiger partial charge in [-0.15, -0.1) is 0 Å². The van der Waals surface area contributed by atoms with Crippen LogP contribution in [0.4, 0.5) is 0 Å². The Morgan fingerprint density at radius 3 is 1.75 bits per heavy atom. The number of amidine groups is 1. The number of para-hydroxylation sites is 1. The van der Waals surface area contributed by atoms with Crippen molar-refractivity contribution in [2.24, 2.45) is 17.8 Å². The van der Waals surface area contributed by atoms with Crippen LogP contribution in [0.2, 0.25) is 0 Å². The summed E-state index contributed by atoms with van der Waals surface area (Å²) in [6.45, 7) is 4.13. The summed E-state index contributed by atoms with van der Waals surface area (Å²) < 4.78 is 2.33. The molecule has 0 amide bonds. The van der Waals surface area contributed by atoms with Crippen molar-refractivity contribution in [2.75, 3.05) is 0 Å². The average Bonchev–Trinajstić information content (AvgIpc) is 3.38. The van der Waals surface area contributed by atoms with Gasteiger partial charge in [-0.1, -0.05) is 140 Å². The third kappa shape index (κ3) is 5.53. The summed E-state index contributed by atoms with van der Waals surface area (Å²) in [7, 11) is 2.18. The van der Waals surface area contributed by atoms with Crippen molar-refractivity contribution < 1.29 is 0 Å². The van der Waals surface area contributed by atoms with Gasteiger partial charge in [-0.3, -0.25) is 10.4 Å². The molecule has 0 aliphatic rings. The van der Waals surface area contributed by atoms with Crippen LogP contribution in [-0.2, 0) is 13.6 Å². The Morgan fingerprint density at radius 1 is 0.591 bits per heavy atom. The second-order valence-corrected chi connectivity index (χ2v) is 10.7. The van der Waals surface area contributed by atoms with Crippen molar-refractivity contribution >= 4 is 66.7 Å². The Labute approximate surface area is 257 Å². The minimum absolute atomic E-state index is 0.121. The molecule has 0 atom stereocenters. The molecular weight excluding hydrogens is 536 g/mol. The number of aliphatic imine (C=N–C) groups is 1. The first kappa shape index (κ1) is 28.4. The molecule has 0 fully saturated rings. The number of benzene rings is 7. The van der Waals surface area contributed by atoms with Crippen molar-refractivity contribution in [1.29, 1.82) is 5.41 Å². The molecular formula is C40H34N4. The second-order valence-electron chi connectivity index (χ2n) is 10.7. The summed E-state index contributed by atoms with van der Waals surface area (Å²) >= 11 is 0. The van der Waals surface area contributed by atoms with Crippen molar-refractivity contribution in [3.05, 3.63) is 157 Å². The van der Waals surface area contributed by atoms with Crippen LogP contribution >= 0.6 is 0 Å².